The first-order valence-corrected chi connectivity index (χ1v) is 6.39. The molecule has 4 heteroatoms. The third-order valence-corrected chi connectivity index (χ3v) is 2.97. The van der Waals surface area contributed by atoms with E-state index in [1.807, 2.05) is 37.4 Å². The van der Waals surface area contributed by atoms with Crippen molar-refractivity contribution in [2.45, 2.75) is 0 Å². The van der Waals surface area contributed by atoms with Gasteiger partial charge in [0.15, 0.2) is 0 Å². The van der Waals surface area contributed by atoms with Crippen LogP contribution in [-0.4, -0.2) is 31.3 Å². The van der Waals surface area contributed by atoms with E-state index < -0.39 is 5.97 Å². The maximum absolute atomic E-state index is 10.9. The van der Waals surface area contributed by atoms with Crippen LogP contribution in [0.2, 0.25) is 0 Å². The van der Waals surface area contributed by atoms with E-state index in [0.717, 1.165) is 12.2 Å². The summed E-state index contributed by atoms with van der Waals surface area (Å²) in [4.78, 5) is 12.9. The normalized spacial score (nSPS) is 10.1. The number of carbonyl (C=O) groups is 1. The first kappa shape index (κ1) is 13.9. The molecule has 0 saturated heterocycles. The van der Waals surface area contributed by atoms with Crippen molar-refractivity contribution in [3.8, 4) is 5.75 Å². The van der Waals surface area contributed by atoms with Crippen LogP contribution < -0.4 is 9.64 Å². The fraction of sp³-hybridized carbons (Fsp3) is 0.188. The molecule has 0 aliphatic rings. The van der Waals surface area contributed by atoms with Gasteiger partial charge in [-0.3, -0.25) is 0 Å². The van der Waals surface area contributed by atoms with Crippen LogP contribution in [0, 0.1) is 0 Å². The molecule has 2 aromatic rings. The van der Waals surface area contributed by atoms with Crippen molar-refractivity contribution < 1.29 is 14.6 Å². The van der Waals surface area contributed by atoms with E-state index in [1.54, 1.807) is 18.2 Å². The highest BCUT2D eigenvalue weighted by Gasteiger charge is 2.04. The Bertz CT molecular complexity index is 569. The Hall–Kier alpha value is -2.49. The maximum Gasteiger partial charge on any atom is 0.335 e. The average molecular weight is 271 g/mol. The molecule has 20 heavy (non-hydrogen) atoms. The molecule has 0 aromatic heterocycles. The van der Waals surface area contributed by atoms with E-state index in [1.165, 1.54) is 6.07 Å². The monoisotopic (exact) mass is 271 g/mol. The van der Waals surface area contributed by atoms with Gasteiger partial charge in [0.25, 0.3) is 0 Å². The lowest BCUT2D eigenvalue weighted by Crippen LogP contribution is -2.23. The molecule has 2 rings (SSSR count). The number of hydrogen-bond donors (Lipinski definition) is 1. The van der Waals surface area contributed by atoms with E-state index in [2.05, 4.69) is 4.90 Å². The predicted molar refractivity (Wildman–Crippen MR) is 78.6 cm³/mol. The van der Waals surface area contributed by atoms with Gasteiger partial charge in [-0.15, -0.1) is 0 Å². The molecule has 4 nitrogen and oxygen atoms in total. The van der Waals surface area contributed by atoms with Gasteiger partial charge >= 0.3 is 5.97 Å². The number of rotatable bonds is 6. The van der Waals surface area contributed by atoms with Gasteiger partial charge in [-0.2, -0.15) is 0 Å². The number of anilines is 1. The van der Waals surface area contributed by atoms with Gasteiger partial charge in [0.05, 0.1) is 12.1 Å². The largest absolute Gasteiger partial charge is 0.492 e. The Morgan fingerprint density at radius 2 is 1.90 bits per heavy atom. The van der Waals surface area contributed by atoms with Crippen molar-refractivity contribution in [3.63, 3.8) is 0 Å². The molecule has 0 aliphatic heterocycles. The highest BCUT2D eigenvalue weighted by molar-refractivity contribution is 5.87. The Balaban J connectivity index is 1.87. The second-order valence-corrected chi connectivity index (χ2v) is 4.44. The lowest BCUT2D eigenvalue weighted by molar-refractivity contribution is 0.0696. The summed E-state index contributed by atoms with van der Waals surface area (Å²) in [7, 11) is 1.99. The molecule has 2 aromatic carbocycles. The zero-order valence-electron chi connectivity index (χ0n) is 11.3. The number of benzene rings is 2. The third kappa shape index (κ3) is 3.75. The van der Waals surface area contributed by atoms with Gasteiger partial charge in [-0.1, -0.05) is 24.3 Å². The zero-order valence-corrected chi connectivity index (χ0v) is 11.3. The van der Waals surface area contributed by atoms with E-state index in [-0.39, 0.29) is 5.56 Å². The van der Waals surface area contributed by atoms with Crippen molar-refractivity contribution in [1.29, 1.82) is 0 Å². The van der Waals surface area contributed by atoms with Crippen molar-refractivity contribution in [2.75, 3.05) is 25.1 Å². The quantitative estimate of drug-likeness (QED) is 0.877. The smallest absolute Gasteiger partial charge is 0.335 e. The first-order valence-electron chi connectivity index (χ1n) is 6.39. The zero-order chi connectivity index (χ0) is 14.4. The standard InChI is InChI=1S/C16H17NO3/c1-17(14-7-3-2-4-8-14)10-11-20-15-9-5-6-13(12-15)16(18)19/h2-9,12H,10-11H2,1H3,(H,18,19). The first-order chi connectivity index (χ1) is 9.66. The molecule has 0 fully saturated rings. The van der Waals surface area contributed by atoms with Gasteiger partial charge in [0.1, 0.15) is 12.4 Å². The van der Waals surface area contributed by atoms with Crippen LogP contribution in [0.25, 0.3) is 0 Å². The summed E-state index contributed by atoms with van der Waals surface area (Å²) in [5, 5.41) is 8.91. The molecule has 0 radical (unpaired) electrons. The Morgan fingerprint density at radius 1 is 1.15 bits per heavy atom. The summed E-state index contributed by atoms with van der Waals surface area (Å²) < 4.78 is 5.58. The minimum atomic E-state index is -0.947. The number of para-hydroxylation sites is 1. The molecule has 0 bridgehead atoms. The molecule has 0 amide bonds. The van der Waals surface area contributed by atoms with Crippen LogP contribution in [0.15, 0.2) is 54.6 Å². The van der Waals surface area contributed by atoms with Gasteiger partial charge in [0.2, 0.25) is 0 Å². The summed E-state index contributed by atoms with van der Waals surface area (Å²) in [5.74, 6) is -0.372. The van der Waals surface area contributed by atoms with E-state index in [4.69, 9.17) is 9.84 Å². The van der Waals surface area contributed by atoms with E-state index in [9.17, 15) is 4.79 Å². The number of aromatic carboxylic acids is 1. The highest BCUT2D eigenvalue weighted by Crippen LogP contribution is 2.14. The fourth-order valence-corrected chi connectivity index (χ4v) is 1.83. The molecule has 0 aliphatic carbocycles. The highest BCUT2D eigenvalue weighted by atomic mass is 16.5. The second-order valence-electron chi connectivity index (χ2n) is 4.44. The van der Waals surface area contributed by atoms with Gasteiger partial charge < -0.3 is 14.7 Å². The Morgan fingerprint density at radius 3 is 2.60 bits per heavy atom. The van der Waals surface area contributed by atoms with Crippen LogP contribution in [0.5, 0.6) is 5.75 Å². The number of ether oxygens (including phenoxy) is 1. The lowest BCUT2D eigenvalue weighted by Gasteiger charge is -2.19. The topological polar surface area (TPSA) is 49.8 Å². The summed E-state index contributed by atoms with van der Waals surface area (Å²) in [6.07, 6.45) is 0. The summed E-state index contributed by atoms with van der Waals surface area (Å²) in [6, 6.07) is 16.5. The van der Waals surface area contributed by atoms with Crippen LogP contribution in [0.3, 0.4) is 0 Å². The predicted octanol–water partition coefficient (Wildman–Crippen LogP) is 2.90. The molecular weight excluding hydrogens is 254 g/mol. The van der Waals surface area contributed by atoms with Crippen LogP contribution in [-0.2, 0) is 0 Å². The Kier molecular flexibility index (Phi) is 4.60. The van der Waals surface area contributed by atoms with Crippen molar-refractivity contribution in [1.82, 2.24) is 0 Å². The molecule has 104 valence electrons. The van der Waals surface area contributed by atoms with Crippen molar-refractivity contribution >= 4 is 11.7 Å². The summed E-state index contributed by atoms with van der Waals surface area (Å²) in [5.41, 5.74) is 1.36. The number of likely N-dealkylation sites (N-methyl/N-ethyl adjacent to an activating group) is 1. The fourth-order valence-electron chi connectivity index (χ4n) is 1.83. The molecule has 0 unspecified atom stereocenters. The van der Waals surface area contributed by atoms with E-state index in [0.29, 0.717) is 12.4 Å². The third-order valence-electron chi connectivity index (χ3n) is 2.97. The van der Waals surface area contributed by atoms with Crippen molar-refractivity contribution in [3.05, 3.63) is 60.2 Å². The number of carboxylic acid groups (broad SMARTS) is 1. The van der Waals surface area contributed by atoms with Gasteiger partial charge in [0, 0.05) is 12.7 Å². The molecule has 1 N–H and O–H groups in total. The van der Waals surface area contributed by atoms with Crippen molar-refractivity contribution in [2.24, 2.45) is 0 Å². The molecule has 0 saturated carbocycles. The van der Waals surface area contributed by atoms with E-state index >= 15 is 0 Å². The summed E-state index contributed by atoms with van der Waals surface area (Å²) in [6.45, 7) is 1.22. The minimum Gasteiger partial charge on any atom is -0.492 e. The summed E-state index contributed by atoms with van der Waals surface area (Å²) >= 11 is 0. The van der Waals surface area contributed by atoms with Gasteiger partial charge in [-0.05, 0) is 30.3 Å². The molecular formula is C16H17NO3. The molecule has 0 spiro atoms. The average Bonchev–Trinajstić information content (AvgIpc) is 2.48. The van der Waals surface area contributed by atoms with Gasteiger partial charge in [-0.25, -0.2) is 4.79 Å². The SMILES string of the molecule is CN(CCOc1cccc(C(=O)O)c1)c1ccccc1. The van der Waals surface area contributed by atoms with Crippen LogP contribution >= 0.6 is 0 Å². The van der Waals surface area contributed by atoms with Crippen LogP contribution in [0.4, 0.5) is 5.69 Å². The Labute approximate surface area is 118 Å². The molecule has 0 atom stereocenters. The lowest BCUT2D eigenvalue weighted by atomic mass is 10.2. The maximum atomic E-state index is 10.9. The minimum absolute atomic E-state index is 0.235. The van der Waals surface area contributed by atoms with Crippen LogP contribution in [0.1, 0.15) is 10.4 Å². The number of nitrogens with zero attached hydrogens (tertiary/aromatic N) is 1. The second kappa shape index (κ2) is 6.61. The molecule has 0 heterocycles. The number of hydrogen-bond acceptors (Lipinski definition) is 3. The number of carboxylic acids is 1.